The van der Waals surface area contributed by atoms with E-state index in [-0.39, 0.29) is 28.8 Å². The fraction of sp³-hybridized carbons (Fsp3) is 0.167. The largest absolute Gasteiger partial charge is 0.490 e. The Morgan fingerprint density at radius 1 is 1.50 bits per heavy atom. The quantitative estimate of drug-likeness (QED) is 0.673. The summed E-state index contributed by atoms with van der Waals surface area (Å²) >= 11 is 0. The van der Waals surface area contributed by atoms with E-state index in [1.165, 1.54) is 32.2 Å². The van der Waals surface area contributed by atoms with Gasteiger partial charge in [-0.15, -0.1) is 0 Å². The second kappa shape index (κ2) is 5.00. The first kappa shape index (κ1) is 13.5. The summed E-state index contributed by atoms with van der Waals surface area (Å²) in [7, 11) is 1.32. The summed E-state index contributed by atoms with van der Waals surface area (Å²) in [5.74, 6) is -1.44. The molecule has 0 aliphatic heterocycles. The van der Waals surface area contributed by atoms with Crippen molar-refractivity contribution in [1.82, 2.24) is 4.98 Å². The number of carboxylic acids is 1. The number of nitrogens with zero attached hydrogens (tertiary/aromatic N) is 2. The Labute approximate surface area is 112 Å². The second-order valence-corrected chi connectivity index (χ2v) is 3.88. The van der Waals surface area contributed by atoms with Gasteiger partial charge >= 0.3 is 11.7 Å². The highest BCUT2D eigenvalue weighted by atomic mass is 16.6. The number of nitro benzene ring substituents is 1. The fourth-order valence-corrected chi connectivity index (χ4v) is 1.68. The molecule has 8 heteroatoms. The first-order valence-corrected chi connectivity index (χ1v) is 5.47. The van der Waals surface area contributed by atoms with Crippen LogP contribution in [0.2, 0.25) is 0 Å². The summed E-state index contributed by atoms with van der Waals surface area (Å²) in [6.07, 6.45) is 0. The van der Waals surface area contributed by atoms with Gasteiger partial charge in [-0.05, 0) is 19.1 Å². The van der Waals surface area contributed by atoms with Gasteiger partial charge in [0.15, 0.2) is 5.75 Å². The molecule has 0 radical (unpaired) electrons. The van der Waals surface area contributed by atoms with Crippen LogP contribution in [0.1, 0.15) is 16.2 Å². The number of benzene rings is 1. The molecule has 1 aromatic heterocycles. The van der Waals surface area contributed by atoms with Crippen molar-refractivity contribution in [2.75, 3.05) is 7.11 Å². The topological polar surface area (TPSA) is 116 Å². The Kier molecular flexibility index (Phi) is 3.38. The highest BCUT2D eigenvalue weighted by Gasteiger charge is 2.21. The molecule has 2 aromatic rings. The van der Waals surface area contributed by atoms with Crippen LogP contribution in [-0.2, 0) is 0 Å². The van der Waals surface area contributed by atoms with E-state index < -0.39 is 10.9 Å². The number of methoxy groups -OCH3 is 1. The van der Waals surface area contributed by atoms with Crippen LogP contribution in [0.15, 0.2) is 22.6 Å². The molecular formula is C12H10N2O6. The van der Waals surface area contributed by atoms with Gasteiger partial charge in [-0.3, -0.25) is 10.1 Å². The van der Waals surface area contributed by atoms with Gasteiger partial charge in [-0.25, -0.2) is 9.78 Å². The monoisotopic (exact) mass is 278 g/mol. The van der Waals surface area contributed by atoms with Crippen LogP contribution >= 0.6 is 0 Å². The van der Waals surface area contributed by atoms with Gasteiger partial charge < -0.3 is 14.3 Å². The summed E-state index contributed by atoms with van der Waals surface area (Å²) in [5, 5.41) is 19.8. The van der Waals surface area contributed by atoms with Crippen molar-refractivity contribution < 1.29 is 24.0 Å². The molecule has 0 saturated carbocycles. The summed E-state index contributed by atoms with van der Waals surface area (Å²) < 4.78 is 9.97. The number of hydrogen-bond acceptors (Lipinski definition) is 6. The minimum Gasteiger partial charge on any atom is -0.490 e. The lowest BCUT2D eigenvalue weighted by Gasteiger charge is -2.02. The molecular weight excluding hydrogens is 268 g/mol. The third-order valence-electron chi connectivity index (χ3n) is 2.61. The maximum absolute atomic E-state index is 10.9. The van der Waals surface area contributed by atoms with E-state index in [0.717, 1.165) is 0 Å². The van der Waals surface area contributed by atoms with Gasteiger partial charge in [-0.1, -0.05) is 0 Å². The van der Waals surface area contributed by atoms with E-state index in [4.69, 9.17) is 14.3 Å². The summed E-state index contributed by atoms with van der Waals surface area (Å²) in [6, 6.07) is 4.12. The molecule has 0 unspecified atom stereocenters. The summed E-state index contributed by atoms with van der Waals surface area (Å²) in [5.41, 5.74) is 0.247. The number of hydrogen-bond donors (Lipinski definition) is 1. The van der Waals surface area contributed by atoms with Crippen molar-refractivity contribution in [1.29, 1.82) is 0 Å². The lowest BCUT2D eigenvalue weighted by molar-refractivity contribution is -0.385. The van der Waals surface area contributed by atoms with Crippen LogP contribution in [0.25, 0.3) is 11.5 Å². The molecule has 0 bridgehead atoms. The second-order valence-electron chi connectivity index (χ2n) is 3.88. The normalized spacial score (nSPS) is 10.3. The zero-order chi connectivity index (χ0) is 14.9. The molecule has 1 aromatic carbocycles. The van der Waals surface area contributed by atoms with Crippen molar-refractivity contribution in [3.63, 3.8) is 0 Å². The molecule has 8 nitrogen and oxygen atoms in total. The highest BCUT2D eigenvalue weighted by Crippen LogP contribution is 2.32. The van der Waals surface area contributed by atoms with Crippen LogP contribution in [0, 0.1) is 17.0 Å². The zero-order valence-electron chi connectivity index (χ0n) is 10.6. The minimum atomic E-state index is -1.25. The van der Waals surface area contributed by atoms with Crippen LogP contribution < -0.4 is 4.74 Å². The Morgan fingerprint density at radius 3 is 2.70 bits per heavy atom. The van der Waals surface area contributed by atoms with Gasteiger partial charge in [-0.2, -0.15) is 0 Å². The molecule has 20 heavy (non-hydrogen) atoms. The van der Waals surface area contributed by atoms with Crippen LogP contribution in [-0.4, -0.2) is 28.1 Å². The molecule has 2 rings (SSSR count). The Balaban J connectivity index is 2.53. The van der Waals surface area contributed by atoms with Gasteiger partial charge in [0.05, 0.1) is 17.7 Å². The molecule has 0 amide bonds. The Hall–Kier alpha value is -2.90. The molecule has 0 aliphatic rings. The van der Waals surface area contributed by atoms with Crippen LogP contribution in [0.5, 0.6) is 5.75 Å². The maximum Gasteiger partial charge on any atom is 0.373 e. The van der Waals surface area contributed by atoms with Gasteiger partial charge in [0, 0.05) is 11.6 Å². The van der Waals surface area contributed by atoms with Gasteiger partial charge in [0.1, 0.15) is 0 Å². The lowest BCUT2D eigenvalue weighted by Crippen LogP contribution is -1.95. The highest BCUT2D eigenvalue weighted by molar-refractivity contribution is 5.86. The first-order valence-electron chi connectivity index (χ1n) is 5.47. The third-order valence-corrected chi connectivity index (χ3v) is 2.61. The smallest absolute Gasteiger partial charge is 0.373 e. The predicted molar refractivity (Wildman–Crippen MR) is 66.8 cm³/mol. The number of carbonyl (C=O) groups is 1. The molecule has 104 valence electrons. The Bertz CT molecular complexity index is 691. The van der Waals surface area contributed by atoms with Gasteiger partial charge in [0.2, 0.25) is 11.7 Å². The van der Waals surface area contributed by atoms with E-state index in [2.05, 4.69) is 4.98 Å². The molecule has 1 N–H and O–H groups in total. The number of aryl methyl sites for hydroxylation is 1. The zero-order valence-corrected chi connectivity index (χ0v) is 10.6. The van der Waals surface area contributed by atoms with E-state index in [1.807, 2.05) is 0 Å². The number of aromatic carboxylic acids is 1. The molecule has 0 spiro atoms. The Morgan fingerprint density at radius 2 is 2.20 bits per heavy atom. The first-order chi connectivity index (χ1) is 9.43. The van der Waals surface area contributed by atoms with Crippen molar-refractivity contribution in [3.05, 3.63) is 39.8 Å². The summed E-state index contributed by atoms with van der Waals surface area (Å²) in [4.78, 5) is 25.2. The van der Waals surface area contributed by atoms with E-state index >= 15 is 0 Å². The number of aromatic nitrogens is 1. The average molecular weight is 278 g/mol. The molecule has 0 atom stereocenters. The number of rotatable bonds is 4. The maximum atomic E-state index is 10.9. The molecule has 0 saturated heterocycles. The molecule has 1 heterocycles. The number of ether oxygens (including phenoxy) is 1. The van der Waals surface area contributed by atoms with Crippen molar-refractivity contribution in [2.45, 2.75) is 6.92 Å². The number of nitro groups is 1. The van der Waals surface area contributed by atoms with Crippen molar-refractivity contribution in [2.24, 2.45) is 0 Å². The predicted octanol–water partition coefficient (Wildman–Crippen LogP) is 2.27. The number of oxazole rings is 1. The van der Waals surface area contributed by atoms with Gasteiger partial charge in [0.25, 0.3) is 0 Å². The lowest BCUT2D eigenvalue weighted by atomic mass is 10.2. The minimum absolute atomic E-state index is 0.00523. The molecule has 0 fully saturated rings. The van der Waals surface area contributed by atoms with E-state index in [9.17, 15) is 14.9 Å². The van der Waals surface area contributed by atoms with Crippen molar-refractivity contribution in [3.8, 4) is 17.2 Å². The SMILES string of the molecule is COc1ccc(-c2nc(C)c(C(=O)O)o2)cc1[N+](=O)[O-]. The third kappa shape index (κ3) is 2.30. The standard InChI is InChI=1S/C12H10N2O6/c1-6-10(12(15)16)20-11(13-6)7-3-4-9(19-2)8(5-7)14(17)18/h3-5H,1-2H3,(H,15,16). The number of carboxylic acid groups (broad SMARTS) is 1. The summed E-state index contributed by atoms with van der Waals surface area (Å²) in [6.45, 7) is 1.48. The van der Waals surface area contributed by atoms with Crippen LogP contribution in [0.4, 0.5) is 5.69 Å². The average Bonchev–Trinajstić information content (AvgIpc) is 2.80. The van der Waals surface area contributed by atoms with E-state index in [1.54, 1.807) is 0 Å². The van der Waals surface area contributed by atoms with Crippen molar-refractivity contribution >= 4 is 11.7 Å². The molecule has 0 aliphatic carbocycles. The van der Waals surface area contributed by atoms with Crippen LogP contribution in [0.3, 0.4) is 0 Å². The van der Waals surface area contributed by atoms with E-state index in [0.29, 0.717) is 5.56 Å². The fourth-order valence-electron chi connectivity index (χ4n) is 1.68.